The van der Waals surface area contributed by atoms with E-state index in [-0.39, 0.29) is 32.6 Å². The zero-order valence-corrected chi connectivity index (χ0v) is 17.2. The van der Waals surface area contributed by atoms with Crippen LogP contribution in [0.3, 0.4) is 0 Å². The molecule has 11 heteroatoms. The molecule has 1 aliphatic rings. The molecule has 0 atom stereocenters. The number of carboxylic acids is 1. The van der Waals surface area contributed by atoms with Crippen molar-refractivity contribution in [3.05, 3.63) is 64.6 Å². The van der Waals surface area contributed by atoms with Crippen LogP contribution >= 0.6 is 24.0 Å². The molecule has 7 nitrogen and oxygen atoms in total. The number of nitrogens with zero attached hydrogens (tertiary/aromatic N) is 1. The Balaban J connectivity index is 1.70. The molecule has 0 spiro atoms. The van der Waals surface area contributed by atoms with Gasteiger partial charge >= 0.3 is 12.6 Å². The first-order chi connectivity index (χ1) is 14.7. The fourth-order valence-electron chi connectivity index (χ4n) is 2.62. The number of hydrogen-bond acceptors (Lipinski definition) is 6. The molecule has 1 heterocycles. The molecular weight excluding hydrogens is 450 g/mol. The maximum Gasteiger partial charge on any atom is 0.387 e. The molecule has 160 valence electrons. The largest absolute Gasteiger partial charge is 0.478 e. The number of hydrogen-bond donors (Lipinski definition) is 2. The highest BCUT2D eigenvalue weighted by Crippen LogP contribution is 2.34. The Bertz CT molecular complexity index is 1070. The van der Waals surface area contributed by atoms with Crippen LogP contribution in [0.15, 0.2) is 53.4 Å². The van der Waals surface area contributed by atoms with Crippen LogP contribution in [0.1, 0.15) is 15.9 Å². The van der Waals surface area contributed by atoms with Crippen molar-refractivity contribution in [2.24, 2.45) is 0 Å². The van der Waals surface area contributed by atoms with Gasteiger partial charge in [0.2, 0.25) is 5.91 Å². The molecule has 0 saturated carbocycles. The Labute approximate surface area is 184 Å². The summed E-state index contributed by atoms with van der Waals surface area (Å²) in [6, 6.07) is 11.5. The Morgan fingerprint density at radius 1 is 1.19 bits per heavy atom. The van der Waals surface area contributed by atoms with Gasteiger partial charge in [0.25, 0.3) is 5.91 Å². The molecule has 2 amide bonds. The summed E-state index contributed by atoms with van der Waals surface area (Å²) in [4.78, 5) is 37.1. The molecule has 0 aliphatic carbocycles. The number of ether oxygens (including phenoxy) is 1. The highest BCUT2D eigenvalue weighted by Gasteiger charge is 2.33. The quantitative estimate of drug-likeness (QED) is 0.475. The maximum atomic E-state index is 12.7. The average Bonchev–Trinajstić information content (AvgIpc) is 2.97. The van der Waals surface area contributed by atoms with E-state index < -0.39 is 24.4 Å². The van der Waals surface area contributed by atoms with E-state index in [1.807, 2.05) is 0 Å². The number of carboxylic acid groups (broad SMARTS) is 1. The van der Waals surface area contributed by atoms with Crippen LogP contribution in [-0.4, -0.2) is 45.3 Å². The SMILES string of the molecule is O=C(CN1C(=O)/C(=C/c2ccccc2OC(F)F)SC1=S)Nc1ccc(C(=O)O)cc1. The van der Waals surface area contributed by atoms with Crippen LogP contribution in [0.5, 0.6) is 5.75 Å². The molecule has 1 fully saturated rings. The number of carbonyl (C=O) groups excluding carboxylic acids is 2. The van der Waals surface area contributed by atoms with Gasteiger partial charge in [0.1, 0.15) is 16.6 Å². The molecule has 31 heavy (non-hydrogen) atoms. The highest BCUT2D eigenvalue weighted by molar-refractivity contribution is 8.26. The van der Waals surface area contributed by atoms with Crippen molar-refractivity contribution >= 4 is 57.8 Å². The number of carbonyl (C=O) groups is 3. The maximum absolute atomic E-state index is 12.7. The molecular formula is C20H14F2N2O5S2. The van der Waals surface area contributed by atoms with E-state index in [4.69, 9.17) is 17.3 Å². The lowest BCUT2D eigenvalue weighted by Crippen LogP contribution is -2.36. The minimum absolute atomic E-state index is 0.0659. The van der Waals surface area contributed by atoms with Crippen molar-refractivity contribution in [3.63, 3.8) is 0 Å². The van der Waals surface area contributed by atoms with Gasteiger partial charge in [-0.05, 0) is 36.4 Å². The number of amides is 2. The minimum atomic E-state index is -3.02. The summed E-state index contributed by atoms with van der Waals surface area (Å²) in [5.41, 5.74) is 0.691. The topological polar surface area (TPSA) is 95.9 Å². The van der Waals surface area contributed by atoms with Gasteiger partial charge < -0.3 is 15.2 Å². The van der Waals surface area contributed by atoms with Gasteiger partial charge in [-0.15, -0.1) is 0 Å². The number of thioether (sulfide) groups is 1. The third kappa shape index (κ3) is 5.64. The van der Waals surface area contributed by atoms with Crippen LogP contribution in [-0.2, 0) is 9.59 Å². The lowest BCUT2D eigenvalue weighted by atomic mass is 10.2. The number of para-hydroxylation sites is 1. The van der Waals surface area contributed by atoms with Crippen molar-refractivity contribution in [2.75, 3.05) is 11.9 Å². The molecule has 3 rings (SSSR count). The summed E-state index contributed by atoms with van der Waals surface area (Å²) in [6.07, 6.45) is 1.37. The fraction of sp³-hybridized carbons (Fsp3) is 0.100. The van der Waals surface area contributed by atoms with E-state index in [1.54, 1.807) is 6.07 Å². The van der Waals surface area contributed by atoms with Crippen molar-refractivity contribution < 1.29 is 33.0 Å². The molecule has 2 N–H and O–H groups in total. The molecule has 0 radical (unpaired) electrons. The third-order valence-electron chi connectivity index (χ3n) is 4.01. The zero-order chi connectivity index (χ0) is 22.5. The van der Waals surface area contributed by atoms with Crippen molar-refractivity contribution in [3.8, 4) is 5.75 Å². The normalized spacial score (nSPS) is 14.9. The fourth-order valence-corrected chi connectivity index (χ4v) is 3.87. The predicted molar refractivity (Wildman–Crippen MR) is 115 cm³/mol. The Morgan fingerprint density at radius 3 is 2.52 bits per heavy atom. The first-order valence-electron chi connectivity index (χ1n) is 8.67. The van der Waals surface area contributed by atoms with Crippen molar-refractivity contribution in [2.45, 2.75) is 6.61 Å². The van der Waals surface area contributed by atoms with Crippen LogP contribution in [0, 0.1) is 0 Å². The minimum Gasteiger partial charge on any atom is -0.478 e. The van der Waals surface area contributed by atoms with E-state index in [0.717, 1.165) is 16.7 Å². The number of anilines is 1. The summed E-state index contributed by atoms with van der Waals surface area (Å²) in [6.45, 7) is -3.38. The van der Waals surface area contributed by atoms with E-state index in [2.05, 4.69) is 10.1 Å². The number of benzene rings is 2. The van der Waals surface area contributed by atoms with E-state index in [9.17, 15) is 23.2 Å². The third-order valence-corrected chi connectivity index (χ3v) is 5.39. The molecule has 0 bridgehead atoms. The Kier molecular flexibility index (Phi) is 6.98. The van der Waals surface area contributed by atoms with Gasteiger partial charge in [-0.1, -0.05) is 42.2 Å². The summed E-state index contributed by atoms with van der Waals surface area (Å²) < 4.78 is 29.8. The smallest absolute Gasteiger partial charge is 0.387 e. The zero-order valence-electron chi connectivity index (χ0n) is 15.6. The summed E-state index contributed by atoms with van der Waals surface area (Å²) in [5.74, 6) is -2.27. The molecule has 2 aromatic rings. The number of rotatable bonds is 7. The van der Waals surface area contributed by atoms with Gasteiger partial charge in [0, 0.05) is 11.3 Å². The standard InChI is InChI=1S/C20H14F2N2O5S2/c21-19(22)29-14-4-2-1-3-12(14)9-15-17(26)24(20(30)31-15)10-16(25)23-13-7-5-11(6-8-13)18(27)28/h1-9,19H,10H2,(H,23,25)(H,27,28)/b15-9-. The van der Waals surface area contributed by atoms with Crippen LogP contribution in [0.25, 0.3) is 6.08 Å². The Morgan fingerprint density at radius 2 is 1.87 bits per heavy atom. The molecule has 0 aromatic heterocycles. The molecule has 2 aromatic carbocycles. The van der Waals surface area contributed by atoms with E-state index in [1.165, 1.54) is 48.5 Å². The van der Waals surface area contributed by atoms with Crippen molar-refractivity contribution in [1.82, 2.24) is 4.90 Å². The number of alkyl halides is 2. The second-order valence-electron chi connectivity index (χ2n) is 6.11. The van der Waals surface area contributed by atoms with Crippen LogP contribution in [0.2, 0.25) is 0 Å². The second kappa shape index (κ2) is 9.67. The highest BCUT2D eigenvalue weighted by atomic mass is 32.2. The van der Waals surface area contributed by atoms with Gasteiger partial charge in [-0.25, -0.2) is 4.79 Å². The summed E-state index contributed by atoms with van der Waals surface area (Å²) in [5, 5.41) is 11.5. The number of nitrogens with one attached hydrogen (secondary N) is 1. The lowest BCUT2D eigenvalue weighted by molar-refractivity contribution is -0.126. The number of aromatic carboxylic acids is 1. The Hall–Kier alpha value is -3.31. The molecule has 1 saturated heterocycles. The van der Waals surface area contributed by atoms with Gasteiger partial charge in [-0.3, -0.25) is 14.5 Å². The summed E-state index contributed by atoms with van der Waals surface area (Å²) in [7, 11) is 0. The number of halogens is 2. The first-order valence-corrected chi connectivity index (χ1v) is 9.89. The first kappa shape index (κ1) is 22.4. The predicted octanol–water partition coefficient (Wildman–Crippen LogP) is 3.83. The van der Waals surface area contributed by atoms with Crippen LogP contribution in [0.4, 0.5) is 14.5 Å². The second-order valence-corrected chi connectivity index (χ2v) is 7.79. The summed E-state index contributed by atoms with van der Waals surface area (Å²) >= 11 is 6.11. The van der Waals surface area contributed by atoms with E-state index in [0.29, 0.717) is 5.69 Å². The molecule has 1 aliphatic heterocycles. The van der Waals surface area contributed by atoms with Gasteiger partial charge in [0.05, 0.1) is 10.5 Å². The van der Waals surface area contributed by atoms with Crippen molar-refractivity contribution in [1.29, 1.82) is 0 Å². The van der Waals surface area contributed by atoms with E-state index >= 15 is 0 Å². The van der Waals surface area contributed by atoms with Gasteiger partial charge in [0.15, 0.2) is 0 Å². The number of thiocarbonyl (C=S) groups is 1. The van der Waals surface area contributed by atoms with Crippen LogP contribution < -0.4 is 10.1 Å². The van der Waals surface area contributed by atoms with Gasteiger partial charge in [-0.2, -0.15) is 8.78 Å². The lowest BCUT2D eigenvalue weighted by Gasteiger charge is -2.14. The average molecular weight is 464 g/mol. The molecule has 0 unspecified atom stereocenters. The monoisotopic (exact) mass is 464 g/mol.